The van der Waals surface area contributed by atoms with Crippen molar-refractivity contribution in [1.82, 2.24) is 0 Å². The van der Waals surface area contributed by atoms with Crippen LogP contribution in [0.3, 0.4) is 0 Å². The highest BCUT2D eigenvalue weighted by Gasteiger charge is 2.29. The summed E-state index contributed by atoms with van der Waals surface area (Å²) >= 11 is 0. The Balaban J connectivity index is 2.00. The zero-order valence-electron chi connectivity index (χ0n) is 11.0. The lowest BCUT2D eigenvalue weighted by atomic mass is 10.0. The van der Waals surface area contributed by atoms with Gasteiger partial charge in [0.2, 0.25) is 0 Å². The lowest BCUT2D eigenvalue weighted by molar-refractivity contribution is -0.137. The van der Waals surface area contributed by atoms with Gasteiger partial charge in [-0.15, -0.1) is 0 Å². The van der Waals surface area contributed by atoms with Gasteiger partial charge in [-0.3, -0.25) is 4.79 Å². The molecule has 0 spiro atoms. The molecule has 0 aliphatic rings. The molecule has 0 heterocycles. The summed E-state index contributed by atoms with van der Waals surface area (Å²) in [6, 6.07) is 10.3. The molecule has 0 saturated carbocycles. The maximum atomic E-state index is 13.4. The van der Waals surface area contributed by atoms with Crippen molar-refractivity contribution >= 4 is 5.78 Å². The molecule has 0 aliphatic heterocycles. The molecule has 2 rings (SSSR count). The van der Waals surface area contributed by atoms with Crippen LogP contribution in [0.25, 0.3) is 0 Å². The summed E-state index contributed by atoms with van der Waals surface area (Å²) < 4.78 is 50.6. The maximum absolute atomic E-state index is 13.4. The molecule has 0 fully saturated rings. The molecule has 5 heteroatoms. The van der Waals surface area contributed by atoms with Crippen LogP contribution in [0.1, 0.15) is 27.9 Å². The van der Waals surface area contributed by atoms with Crippen molar-refractivity contribution in [3.8, 4) is 0 Å². The quantitative estimate of drug-likeness (QED) is 0.592. The molecule has 21 heavy (non-hydrogen) atoms. The standard InChI is InChI=1S/C16H12F4O/c17-14-4-2-1-3-13(14)15(21)10-7-11-5-8-12(9-6-11)16(18,19)20/h1-6,8-9H,7,10H2. The van der Waals surface area contributed by atoms with E-state index in [0.29, 0.717) is 5.56 Å². The molecule has 2 aromatic rings. The number of Topliss-reactive ketones (excluding diaryl/α,β-unsaturated/α-hetero) is 1. The van der Waals surface area contributed by atoms with Gasteiger partial charge >= 0.3 is 6.18 Å². The number of hydrogen-bond donors (Lipinski definition) is 0. The SMILES string of the molecule is O=C(CCc1ccc(C(F)(F)F)cc1)c1ccccc1F. The molecular formula is C16H12F4O. The third kappa shape index (κ3) is 3.90. The monoisotopic (exact) mass is 296 g/mol. The summed E-state index contributed by atoms with van der Waals surface area (Å²) in [5.41, 5.74) is -0.121. The first-order chi connectivity index (χ1) is 9.88. The Bertz CT molecular complexity index is 629. The first-order valence-electron chi connectivity index (χ1n) is 6.32. The van der Waals surface area contributed by atoms with Crippen LogP contribution in [0.15, 0.2) is 48.5 Å². The number of ketones is 1. The lowest BCUT2D eigenvalue weighted by Crippen LogP contribution is -2.06. The molecule has 0 atom stereocenters. The van der Waals surface area contributed by atoms with E-state index >= 15 is 0 Å². The lowest BCUT2D eigenvalue weighted by Gasteiger charge is -2.07. The van der Waals surface area contributed by atoms with Crippen molar-refractivity contribution in [2.24, 2.45) is 0 Å². The highest BCUT2D eigenvalue weighted by Crippen LogP contribution is 2.29. The minimum Gasteiger partial charge on any atom is -0.294 e. The number of alkyl halides is 3. The molecule has 0 radical (unpaired) electrons. The van der Waals surface area contributed by atoms with E-state index in [1.165, 1.54) is 30.3 Å². The zero-order chi connectivity index (χ0) is 15.5. The Hall–Kier alpha value is -2.17. The zero-order valence-corrected chi connectivity index (χ0v) is 11.0. The third-order valence-electron chi connectivity index (χ3n) is 3.10. The summed E-state index contributed by atoms with van der Waals surface area (Å²) in [5.74, 6) is -0.956. The first kappa shape index (κ1) is 15.2. The molecule has 2 aromatic carbocycles. The topological polar surface area (TPSA) is 17.1 Å². The molecule has 0 N–H and O–H groups in total. The average Bonchev–Trinajstić information content (AvgIpc) is 2.45. The van der Waals surface area contributed by atoms with Crippen LogP contribution in [0, 0.1) is 5.82 Å². The van der Waals surface area contributed by atoms with Crippen LogP contribution in [0.5, 0.6) is 0 Å². The van der Waals surface area contributed by atoms with E-state index in [2.05, 4.69) is 0 Å². The third-order valence-corrected chi connectivity index (χ3v) is 3.10. The molecule has 1 nitrogen and oxygen atoms in total. The molecule has 0 unspecified atom stereocenters. The fraction of sp³-hybridized carbons (Fsp3) is 0.188. The minimum absolute atomic E-state index is 0.00408. The van der Waals surface area contributed by atoms with E-state index in [-0.39, 0.29) is 24.2 Å². The Morgan fingerprint density at radius 1 is 0.952 bits per heavy atom. The van der Waals surface area contributed by atoms with Gasteiger partial charge in [0.25, 0.3) is 0 Å². The number of rotatable bonds is 4. The molecule has 0 bridgehead atoms. The number of carbonyl (C=O) groups excluding carboxylic acids is 1. The molecule has 0 amide bonds. The van der Waals surface area contributed by atoms with Crippen LogP contribution in [-0.2, 0) is 12.6 Å². The predicted octanol–water partition coefficient (Wildman–Crippen LogP) is 4.66. The molecule has 0 saturated heterocycles. The smallest absolute Gasteiger partial charge is 0.294 e. The Morgan fingerprint density at radius 3 is 2.14 bits per heavy atom. The summed E-state index contributed by atoms with van der Waals surface area (Å²) in [4.78, 5) is 11.8. The highest BCUT2D eigenvalue weighted by atomic mass is 19.4. The van der Waals surface area contributed by atoms with Gasteiger partial charge in [0, 0.05) is 6.42 Å². The van der Waals surface area contributed by atoms with Gasteiger partial charge in [0.05, 0.1) is 11.1 Å². The number of halogens is 4. The molecule has 0 aliphatic carbocycles. The van der Waals surface area contributed by atoms with E-state index in [4.69, 9.17) is 0 Å². The number of hydrogen-bond acceptors (Lipinski definition) is 1. The number of benzene rings is 2. The summed E-state index contributed by atoms with van der Waals surface area (Å²) in [6.07, 6.45) is -4.06. The second-order valence-electron chi connectivity index (χ2n) is 4.60. The number of aryl methyl sites for hydroxylation is 1. The highest BCUT2D eigenvalue weighted by molar-refractivity contribution is 5.96. The van der Waals surface area contributed by atoms with Crippen molar-refractivity contribution in [1.29, 1.82) is 0 Å². The van der Waals surface area contributed by atoms with Gasteiger partial charge in [0.1, 0.15) is 5.82 Å². The van der Waals surface area contributed by atoms with Gasteiger partial charge in [-0.05, 0) is 36.2 Å². The van der Waals surface area contributed by atoms with Gasteiger partial charge in [0.15, 0.2) is 5.78 Å². The molecule has 0 aromatic heterocycles. The Labute approximate surface area is 119 Å². The van der Waals surface area contributed by atoms with Gasteiger partial charge in [-0.2, -0.15) is 13.2 Å². The van der Waals surface area contributed by atoms with Crippen LogP contribution >= 0.6 is 0 Å². The van der Waals surface area contributed by atoms with Crippen LogP contribution in [0.4, 0.5) is 17.6 Å². The Morgan fingerprint density at radius 2 is 1.57 bits per heavy atom. The second-order valence-corrected chi connectivity index (χ2v) is 4.60. The van der Waals surface area contributed by atoms with Gasteiger partial charge < -0.3 is 0 Å². The van der Waals surface area contributed by atoms with Crippen LogP contribution in [-0.4, -0.2) is 5.78 Å². The van der Waals surface area contributed by atoms with E-state index in [1.54, 1.807) is 6.07 Å². The van der Waals surface area contributed by atoms with Crippen molar-refractivity contribution in [2.45, 2.75) is 19.0 Å². The van der Waals surface area contributed by atoms with Gasteiger partial charge in [-0.25, -0.2) is 4.39 Å². The summed E-state index contributed by atoms with van der Waals surface area (Å²) in [6.45, 7) is 0. The molecular weight excluding hydrogens is 284 g/mol. The van der Waals surface area contributed by atoms with E-state index in [0.717, 1.165) is 12.1 Å². The second kappa shape index (κ2) is 6.08. The average molecular weight is 296 g/mol. The fourth-order valence-corrected chi connectivity index (χ4v) is 1.94. The van der Waals surface area contributed by atoms with Crippen molar-refractivity contribution in [3.63, 3.8) is 0 Å². The summed E-state index contributed by atoms with van der Waals surface area (Å²) in [5, 5.41) is 0. The normalized spacial score (nSPS) is 11.4. The van der Waals surface area contributed by atoms with Crippen LogP contribution in [0.2, 0.25) is 0 Å². The first-order valence-corrected chi connectivity index (χ1v) is 6.32. The van der Waals surface area contributed by atoms with E-state index < -0.39 is 17.6 Å². The van der Waals surface area contributed by atoms with Crippen molar-refractivity contribution < 1.29 is 22.4 Å². The van der Waals surface area contributed by atoms with Crippen molar-refractivity contribution in [3.05, 3.63) is 71.0 Å². The van der Waals surface area contributed by atoms with Gasteiger partial charge in [-0.1, -0.05) is 24.3 Å². The molecule has 110 valence electrons. The van der Waals surface area contributed by atoms with E-state index in [1.807, 2.05) is 0 Å². The number of carbonyl (C=O) groups is 1. The Kier molecular flexibility index (Phi) is 4.40. The maximum Gasteiger partial charge on any atom is 0.416 e. The van der Waals surface area contributed by atoms with Crippen LogP contribution < -0.4 is 0 Å². The van der Waals surface area contributed by atoms with E-state index in [9.17, 15) is 22.4 Å². The largest absolute Gasteiger partial charge is 0.416 e. The van der Waals surface area contributed by atoms with Crippen molar-refractivity contribution in [2.75, 3.05) is 0 Å². The predicted molar refractivity (Wildman–Crippen MR) is 70.5 cm³/mol. The minimum atomic E-state index is -4.37. The fourth-order valence-electron chi connectivity index (χ4n) is 1.94. The summed E-state index contributed by atoms with van der Waals surface area (Å²) in [7, 11) is 0.